The van der Waals surface area contributed by atoms with Crippen LogP contribution in [0.4, 0.5) is 11.6 Å². The Labute approximate surface area is 90.7 Å². The summed E-state index contributed by atoms with van der Waals surface area (Å²) < 4.78 is 0. The van der Waals surface area contributed by atoms with Crippen LogP contribution in [0.15, 0.2) is 18.2 Å². The minimum atomic E-state index is 0.180. The number of pyridine rings is 1. The molecule has 4 nitrogen and oxygen atoms in total. The third kappa shape index (κ3) is 3.40. The minimum Gasteiger partial charge on any atom is -0.396 e. The van der Waals surface area contributed by atoms with Gasteiger partial charge in [0.1, 0.15) is 11.6 Å². The summed E-state index contributed by atoms with van der Waals surface area (Å²) in [6.45, 7) is 4.22. The van der Waals surface area contributed by atoms with Crippen LogP contribution in [-0.4, -0.2) is 29.8 Å². The number of aromatic nitrogens is 1. The number of nitrogens with one attached hydrogen (secondary N) is 2. The van der Waals surface area contributed by atoms with Crippen molar-refractivity contribution in [1.29, 1.82) is 0 Å². The van der Waals surface area contributed by atoms with Crippen molar-refractivity contribution >= 4 is 11.6 Å². The summed E-state index contributed by atoms with van der Waals surface area (Å²) in [7, 11) is 1.84. The molecule has 0 spiro atoms. The Morgan fingerprint density at radius 2 is 2.00 bits per heavy atom. The van der Waals surface area contributed by atoms with Gasteiger partial charge in [-0.15, -0.1) is 0 Å². The third-order valence-corrected chi connectivity index (χ3v) is 2.52. The highest BCUT2D eigenvalue weighted by molar-refractivity contribution is 5.45. The highest BCUT2D eigenvalue weighted by atomic mass is 16.3. The van der Waals surface area contributed by atoms with E-state index >= 15 is 0 Å². The molecule has 0 aromatic carbocycles. The lowest BCUT2D eigenvalue weighted by atomic mass is 10.1. The van der Waals surface area contributed by atoms with Gasteiger partial charge < -0.3 is 15.7 Å². The van der Waals surface area contributed by atoms with Crippen molar-refractivity contribution in [3.8, 4) is 0 Å². The Hall–Kier alpha value is -1.29. The van der Waals surface area contributed by atoms with Gasteiger partial charge in [-0.1, -0.05) is 13.0 Å². The third-order valence-electron chi connectivity index (χ3n) is 2.52. The van der Waals surface area contributed by atoms with Gasteiger partial charge in [0.2, 0.25) is 0 Å². The van der Waals surface area contributed by atoms with Gasteiger partial charge in [0.25, 0.3) is 0 Å². The zero-order chi connectivity index (χ0) is 11.3. The second-order valence-corrected chi connectivity index (χ2v) is 3.75. The van der Waals surface area contributed by atoms with Crippen molar-refractivity contribution in [3.63, 3.8) is 0 Å². The van der Waals surface area contributed by atoms with E-state index in [4.69, 9.17) is 5.11 Å². The van der Waals surface area contributed by atoms with Gasteiger partial charge in [-0.3, -0.25) is 0 Å². The smallest absolute Gasteiger partial charge is 0.128 e. The number of hydrogen-bond acceptors (Lipinski definition) is 4. The lowest BCUT2D eigenvalue weighted by Gasteiger charge is -2.20. The molecule has 1 rings (SSSR count). The van der Waals surface area contributed by atoms with Crippen molar-refractivity contribution in [2.75, 3.05) is 24.3 Å². The molecule has 0 amide bonds. The molecular weight excluding hydrogens is 190 g/mol. The molecule has 0 saturated heterocycles. The fourth-order valence-electron chi connectivity index (χ4n) is 1.19. The van der Waals surface area contributed by atoms with Crippen LogP contribution in [0.1, 0.15) is 13.8 Å². The van der Waals surface area contributed by atoms with E-state index < -0.39 is 0 Å². The maximum absolute atomic E-state index is 9.01. The summed E-state index contributed by atoms with van der Waals surface area (Å²) in [4.78, 5) is 4.34. The first kappa shape index (κ1) is 11.8. The van der Waals surface area contributed by atoms with E-state index in [2.05, 4.69) is 15.6 Å². The van der Waals surface area contributed by atoms with E-state index in [0.29, 0.717) is 0 Å². The van der Waals surface area contributed by atoms with Crippen LogP contribution >= 0.6 is 0 Å². The van der Waals surface area contributed by atoms with Crippen molar-refractivity contribution in [1.82, 2.24) is 4.98 Å². The summed E-state index contributed by atoms with van der Waals surface area (Å²) in [6.07, 6.45) is 0. The van der Waals surface area contributed by atoms with E-state index in [1.165, 1.54) is 0 Å². The second-order valence-electron chi connectivity index (χ2n) is 3.75. The lowest BCUT2D eigenvalue weighted by Crippen LogP contribution is -2.26. The number of anilines is 2. The number of hydrogen-bond donors (Lipinski definition) is 3. The fourth-order valence-corrected chi connectivity index (χ4v) is 1.19. The van der Waals surface area contributed by atoms with E-state index in [9.17, 15) is 0 Å². The number of aliphatic hydroxyl groups is 1. The van der Waals surface area contributed by atoms with Crippen molar-refractivity contribution < 1.29 is 5.11 Å². The molecule has 1 heterocycles. The van der Waals surface area contributed by atoms with E-state index in [0.717, 1.165) is 11.6 Å². The summed E-state index contributed by atoms with van der Waals surface area (Å²) in [5.41, 5.74) is 0. The van der Waals surface area contributed by atoms with Crippen LogP contribution in [0.2, 0.25) is 0 Å². The number of rotatable bonds is 5. The Kier molecular flexibility index (Phi) is 4.37. The Bertz CT molecular complexity index is 304. The number of nitrogens with zero attached hydrogens (tertiary/aromatic N) is 1. The normalized spacial score (nSPS) is 14.4. The Morgan fingerprint density at radius 1 is 1.33 bits per heavy atom. The maximum atomic E-state index is 9.01. The largest absolute Gasteiger partial charge is 0.396 e. The molecule has 0 radical (unpaired) electrons. The predicted molar refractivity (Wildman–Crippen MR) is 63.1 cm³/mol. The zero-order valence-electron chi connectivity index (χ0n) is 9.49. The van der Waals surface area contributed by atoms with Crippen LogP contribution in [0.5, 0.6) is 0 Å². The van der Waals surface area contributed by atoms with Gasteiger partial charge in [-0.25, -0.2) is 4.98 Å². The minimum absolute atomic E-state index is 0.180. The summed E-state index contributed by atoms with van der Waals surface area (Å²) in [6, 6.07) is 5.97. The molecule has 0 bridgehead atoms. The van der Waals surface area contributed by atoms with Gasteiger partial charge in [0.15, 0.2) is 0 Å². The monoisotopic (exact) mass is 209 g/mol. The molecule has 3 N–H and O–H groups in total. The quantitative estimate of drug-likeness (QED) is 0.688. The van der Waals surface area contributed by atoms with Crippen molar-refractivity contribution in [2.45, 2.75) is 19.9 Å². The molecule has 2 atom stereocenters. The Balaban J connectivity index is 2.63. The molecule has 0 saturated carbocycles. The number of aliphatic hydroxyl groups excluding tert-OH is 1. The van der Waals surface area contributed by atoms with Crippen LogP contribution in [0, 0.1) is 5.92 Å². The second kappa shape index (κ2) is 5.56. The molecule has 1 aromatic heterocycles. The highest BCUT2D eigenvalue weighted by Gasteiger charge is 2.10. The summed E-state index contributed by atoms with van der Waals surface area (Å²) in [5, 5.41) is 15.3. The molecule has 0 aliphatic rings. The average Bonchev–Trinajstić information content (AvgIpc) is 2.28. The predicted octanol–water partition coefficient (Wildman–Crippen LogP) is 1.55. The highest BCUT2D eigenvalue weighted by Crippen LogP contribution is 2.12. The molecule has 84 valence electrons. The first-order chi connectivity index (χ1) is 7.17. The van der Waals surface area contributed by atoms with E-state index in [-0.39, 0.29) is 18.6 Å². The average molecular weight is 209 g/mol. The fraction of sp³-hybridized carbons (Fsp3) is 0.545. The molecule has 0 fully saturated rings. The first-order valence-corrected chi connectivity index (χ1v) is 5.19. The zero-order valence-corrected chi connectivity index (χ0v) is 9.49. The summed E-state index contributed by atoms with van der Waals surface area (Å²) in [5.74, 6) is 1.88. The molecule has 4 heteroatoms. The molecule has 15 heavy (non-hydrogen) atoms. The standard InChI is InChI=1S/C11H19N3O/c1-8(7-15)9(2)13-11-6-4-5-10(12-3)14-11/h4-6,8-9,15H,7H2,1-3H3,(H2,12,13,14). The van der Waals surface area contributed by atoms with Gasteiger partial charge in [-0.2, -0.15) is 0 Å². The molecule has 2 unspecified atom stereocenters. The molecule has 1 aromatic rings. The van der Waals surface area contributed by atoms with Crippen LogP contribution in [0.25, 0.3) is 0 Å². The van der Waals surface area contributed by atoms with Crippen molar-refractivity contribution in [2.24, 2.45) is 5.92 Å². The van der Waals surface area contributed by atoms with Crippen LogP contribution < -0.4 is 10.6 Å². The molecule has 0 aliphatic heterocycles. The van der Waals surface area contributed by atoms with E-state index in [1.54, 1.807) is 0 Å². The van der Waals surface area contributed by atoms with Gasteiger partial charge in [-0.05, 0) is 25.0 Å². The van der Waals surface area contributed by atoms with Gasteiger partial charge in [0.05, 0.1) is 0 Å². The van der Waals surface area contributed by atoms with Crippen LogP contribution in [-0.2, 0) is 0 Å². The van der Waals surface area contributed by atoms with Gasteiger partial charge >= 0.3 is 0 Å². The molecular formula is C11H19N3O. The maximum Gasteiger partial charge on any atom is 0.128 e. The SMILES string of the molecule is CNc1cccc(NC(C)C(C)CO)n1. The van der Waals surface area contributed by atoms with Crippen molar-refractivity contribution in [3.05, 3.63) is 18.2 Å². The Morgan fingerprint density at radius 3 is 2.60 bits per heavy atom. The molecule has 0 aliphatic carbocycles. The van der Waals surface area contributed by atoms with Crippen LogP contribution in [0.3, 0.4) is 0 Å². The first-order valence-electron chi connectivity index (χ1n) is 5.19. The topological polar surface area (TPSA) is 57.2 Å². The van der Waals surface area contributed by atoms with Gasteiger partial charge in [0, 0.05) is 19.7 Å². The summed E-state index contributed by atoms with van der Waals surface area (Å²) >= 11 is 0. The lowest BCUT2D eigenvalue weighted by molar-refractivity contribution is 0.226. The van der Waals surface area contributed by atoms with E-state index in [1.807, 2.05) is 39.1 Å².